The van der Waals surface area contributed by atoms with Crippen molar-refractivity contribution in [3.05, 3.63) is 0 Å². The van der Waals surface area contributed by atoms with E-state index in [1.165, 1.54) is 0 Å². The van der Waals surface area contributed by atoms with E-state index < -0.39 is 0 Å². The van der Waals surface area contributed by atoms with E-state index in [4.69, 9.17) is 4.74 Å². The first-order valence-corrected chi connectivity index (χ1v) is 6.72. The summed E-state index contributed by atoms with van der Waals surface area (Å²) in [6.45, 7) is 8.24. The van der Waals surface area contributed by atoms with Crippen molar-refractivity contribution in [1.29, 1.82) is 0 Å². The van der Waals surface area contributed by atoms with Crippen LogP contribution in [0.1, 0.15) is 46.5 Å². The summed E-state index contributed by atoms with van der Waals surface area (Å²) in [6, 6.07) is 0.305. The molecule has 0 aromatic heterocycles. The summed E-state index contributed by atoms with van der Waals surface area (Å²) in [4.78, 5) is 11.7. The van der Waals surface area contributed by atoms with Crippen LogP contribution in [0, 0.1) is 0 Å². The Morgan fingerprint density at radius 1 is 1.41 bits per heavy atom. The zero-order valence-corrected chi connectivity index (χ0v) is 11.3. The molecule has 0 bridgehead atoms. The van der Waals surface area contributed by atoms with Crippen molar-refractivity contribution in [3.63, 3.8) is 0 Å². The Balaban J connectivity index is 2.27. The summed E-state index contributed by atoms with van der Waals surface area (Å²) < 4.78 is 5.45. The van der Waals surface area contributed by atoms with E-state index in [1.54, 1.807) is 0 Å². The first kappa shape index (κ1) is 14.5. The Morgan fingerprint density at radius 3 is 2.65 bits per heavy atom. The van der Waals surface area contributed by atoms with Gasteiger partial charge in [-0.2, -0.15) is 0 Å². The molecule has 1 atom stereocenters. The van der Waals surface area contributed by atoms with Crippen LogP contribution in [0.4, 0.5) is 0 Å². The number of hydrogen-bond acceptors (Lipinski definition) is 3. The molecule has 1 heterocycles. The molecule has 1 amide bonds. The minimum Gasteiger partial charge on any atom is -0.380 e. The number of nitrogens with one attached hydrogen (secondary N) is 2. The predicted molar refractivity (Wildman–Crippen MR) is 69.0 cm³/mol. The van der Waals surface area contributed by atoms with Crippen LogP contribution >= 0.6 is 0 Å². The third-order valence-electron chi connectivity index (χ3n) is 3.46. The van der Waals surface area contributed by atoms with Gasteiger partial charge in [0.2, 0.25) is 5.91 Å². The van der Waals surface area contributed by atoms with E-state index in [1.807, 2.05) is 0 Å². The lowest BCUT2D eigenvalue weighted by Crippen LogP contribution is -2.52. The molecule has 100 valence electrons. The van der Waals surface area contributed by atoms with Crippen LogP contribution < -0.4 is 10.6 Å². The van der Waals surface area contributed by atoms with Gasteiger partial charge in [-0.3, -0.25) is 4.79 Å². The third kappa shape index (κ3) is 5.04. The highest BCUT2D eigenvalue weighted by Gasteiger charge is 2.27. The highest BCUT2D eigenvalue weighted by molar-refractivity contribution is 5.78. The van der Waals surface area contributed by atoms with Crippen LogP contribution in [0.3, 0.4) is 0 Å². The molecule has 1 fully saturated rings. The number of carbonyl (C=O) groups is 1. The van der Waals surface area contributed by atoms with E-state index in [-0.39, 0.29) is 11.4 Å². The second kappa shape index (κ2) is 6.97. The Labute approximate surface area is 104 Å². The second-order valence-corrected chi connectivity index (χ2v) is 5.15. The Morgan fingerprint density at radius 2 is 2.12 bits per heavy atom. The van der Waals surface area contributed by atoms with Crippen LogP contribution in [0.5, 0.6) is 0 Å². The molecule has 1 aliphatic heterocycles. The topological polar surface area (TPSA) is 50.4 Å². The molecule has 0 aromatic rings. The Kier molecular flexibility index (Phi) is 5.92. The molecule has 0 radical (unpaired) electrons. The van der Waals surface area contributed by atoms with Gasteiger partial charge in [0, 0.05) is 18.2 Å². The first-order chi connectivity index (χ1) is 8.09. The SMILES string of the molecule is CCC(CC)NC(=O)CNC1(C)CCCOC1. The highest BCUT2D eigenvalue weighted by Crippen LogP contribution is 2.17. The van der Waals surface area contributed by atoms with Crippen LogP contribution in [0.2, 0.25) is 0 Å². The maximum Gasteiger partial charge on any atom is 0.234 e. The molecule has 0 aromatic carbocycles. The summed E-state index contributed by atoms with van der Waals surface area (Å²) in [5, 5.41) is 6.35. The average molecular weight is 242 g/mol. The molecule has 0 spiro atoms. The van der Waals surface area contributed by atoms with Gasteiger partial charge in [-0.15, -0.1) is 0 Å². The fourth-order valence-electron chi connectivity index (χ4n) is 2.14. The van der Waals surface area contributed by atoms with Crippen molar-refractivity contribution in [2.75, 3.05) is 19.8 Å². The molecular weight excluding hydrogens is 216 g/mol. The van der Waals surface area contributed by atoms with Crippen molar-refractivity contribution >= 4 is 5.91 Å². The lowest BCUT2D eigenvalue weighted by atomic mass is 9.95. The zero-order chi connectivity index (χ0) is 12.7. The highest BCUT2D eigenvalue weighted by atomic mass is 16.5. The number of amides is 1. The molecule has 4 heteroatoms. The molecule has 2 N–H and O–H groups in total. The monoisotopic (exact) mass is 242 g/mol. The van der Waals surface area contributed by atoms with E-state index in [9.17, 15) is 4.79 Å². The minimum atomic E-state index is -0.0382. The lowest BCUT2D eigenvalue weighted by Gasteiger charge is -2.34. The maximum atomic E-state index is 11.7. The van der Waals surface area contributed by atoms with Crippen LogP contribution in [0.25, 0.3) is 0 Å². The summed E-state index contributed by atoms with van der Waals surface area (Å²) >= 11 is 0. The standard InChI is InChI=1S/C13H26N2O2/c1-4-11(5-2)15-12(16)9-14-13(3)7-6-8-17-10-13/h11,14H,4-10H2,1-3H3,(H,15,16). The molecule has 1 rings (SSSR count). The Bertz CT molecular complexity index is 234. The number of carbonyl (C=O) groups excluding carboxylic acids is 1. The van der Waals surface area contributed by atoms with E-state index in [2.05, 4.69) is 31.4 Å². The molecule has 17 heavy (non-hydrogen) atoms. The smallest absolute Gasteiger partial charge is 0.234 e. The molecular formula is C13H26N2O2. The van der Waals surface area contributed by atoms with Gasteiger partial charge in [0.05, 0.1) is 13.2 Å². The summed E-state index contributed by atoms with van der Waals surface area (Å²) in [5.74, 6) is 0.0884. The van der Waals surface area contributed by atoms with Gasteiger partial charge in [0.15, 0.2) is 0 Å². The van der Waals surface area contributed by atoms with Crippen molar-refractivity contribution in [3.8, 4) is 0 Å². The van der Waals surface area contributed by atoms with Crippen molar-refractivity contribution < 1.29 is 9.53 Å². The van der Waals surface area contributed by atoms with Gasteiger partial charge in [-0.05, 0) is 32.6 Å². The van der Waals surface area contributed by atoms with Gasteiger partial charge >= 0.3 is 0 Å². The van der Waals surface area contributed by atoms with E-state index in [0.29, 0.717) is 19.2 Å². The predicted octanol–water partition coefficient (Wildman–Crippen LogP) is 1.45. The number of rotatable bonds is 6. The fourth-order valence-corrected chi connectivity index (χ4v) is 2.14. The van der Waals surface area contributed by atoms with Gasteiger partial charge in [0.1, 0.15) is 0 Å². The van der Waals surface area contributed by atoms with Crippen LogP contribution in [-0.4, -0.2) is 37.2 Å². The molecule has 0 aliphatic carbocycles. The molecule has 1 saturated heterocycles. The Hall–Kier alpha value is -0.610. The van der Waals surface area contributed by atoms with E-state index in [0.717, 1.165) is 32.3 Å². The average Bonchev–Trinajstić information content (AvgIpc) is 2.34. The van der Waals surface area contributed by atoms with Crippen molar-refractivity contribution in [2.24, 2.45) is 0 Å². The minimum absolute atomic E-state index is 0.0382. The quantitative estimate of drug-likeness (QED) is 0.741. The second-order valence-electron chi connectivity index (χ2n) is 5.15. The van der Waals surface area contributed by atoms with E-state index >= 15 is 0 Å². The molecule has 4 nitrogen and oxygen atoms in total. The van der Waals surface area contributed by atoms with Gasteiger partial charge in [-0.1, -0.05) is 13.8 Å². The normalized spacial score (nSPS) is 24.9. The van der Waals surface area contributed by atoms with Crippen LogP contribution in [-0.2, 0) is 9.53 Å². The first-order valence-electron chi connectivity index (χ1n) is 6.72. The van der Waals surface area contributed by atoms with Gasteiger partial charge in [-0.25, -0.2) is 0 Å². The van der Waals surface area contributed by atoms with Gasteiger partial charge in [0.25, 0.3) is 0 Å². The molecule has 0 saturated carbocycles. The van der Waals surface area contributed by atoms with Gasteiger partial charge < -0.3 is 15.4 Å². The van der Waals surface area contributed by atoms with Crippen molar-refractivity contribution in [2.45, 2.75) is 58.0 Å². The number of ether oxygens (including phenoxy) is 1. The zero-order valence-electron chi connectivity index (χ0n) is 11.3. The maximum absolute atomic E-state index is 11.7. The number of hydrogen-bond donors (Lipinski definition) is 2. The summed E-state index contributed by atoms with van der Waals surface area (Å²) in [5.41, 5.74) is -0.0382. The summed E-state index contributed by atoms with van der Waals surface area (Å²) in [7, 11) is 0. The van der Waals surface area contributed by atoms with Crippen molar-refractivity contribution in [1.82, 2.24) is 10.6 Å². The third-order valence-corrected chi connectivity index (χ3v) is 3.46. The molecule has 1 unspecified atom stereocenters. The summed E-state index contributed by atoms with van der Waals surface area (Å²) in [6.07, 6.45) is 4.12. The lowest BCUT2D eigenvalue weighted by molar-refractivity contribution is -0.121. The fraction of sp³-hybridized carbons (Fsp3) is 0.923. The largest absolute Gasteiger partial charge is 0.380 e. The molecule has 1 aliphatic rings. The van der Waals surface area contributed by atoms with Crippen LogP contribution in [0.15, 0.2) is 0 Å².